The predicted molar refractivity (Wildman–Crippen MR) is 118 cm³/mol. The van der Waals surface area contributed by atoms with Gasteiger partial charge < -0.3 is 20.3 Å². The highest BCUT2D eigenvalue weighted by Gasteiger charge is 2.21. The summed E-state index contributed by atoms with van der Waals surface area (Å²) in [6, 6.07) is 13.9. The number of aryl methyl sites for hydroxylation is 1. The van der Waals surface area contributed by atoms with Gasteiger partial charge >= 0.3 is 6.03 Å². The highest BCUT2D eigenvalue weighted by atomic mass is 16.5. The van der Waals surface area contributed by atoms with Gasteiger partial charge in [-0.05, 0) is 62.2 Å². The first kappa shape index (κ1) is 21.6. The Morgan fingerprint density at radius 2 is 1.71 bits per heavy atom. The van der Waals surface area contributed by atoms with Crippen molar-refractivity contribution in [2.75, 3.05) is 37.0 Å². The van der Waals surface area contributed by atoms with Gasteiger partial charge in [0.25, 0.3) is 0 Å². The Kier molecular flexibility index (Phi) is 7.32. The molecule has 28 heavy (non-hydrogen) atoms. The number of hydrogen-bond acceptors (Lipinski definition) is 3. The van der Waals surface area contributed by atoms with E-state index in [4.69, 9.17) is 4.74 Å². The van der Waals surface area contributed by atoms with E-state index in [9.17, 15) is 4.79 Å². The summed E-state index contributed by atoms with van der Waals surface area (Å²) in [4.78, 5) is 14.7. The second kappa shape index (κ2) is 9.49. The second-order valence-corrected chi connectivity index (χ2v) is 7.59. The van der Waals surface area contributed by atoms with Gasteiger partial charge in [-0.1, -0.05) is 26.0 Å². The van der Waals surface area contributed by atoms with Crippen molar-refractivity contribution in [1.29, 1.82) is 0 Å². The van der Waals surface area contributed by atoms with Crippen LogP contribution in [0.3, 0.4) is 0 Å². The molecule has 0 saturated carbocycles. The van der Waals surface area contributed by atoms with Gasteiger partial charge in [-0.2, -0.15) is 0 Å². The van der Waals surface area contributed by atoms with Gasteiger partial charge in [-0.15, -0.1) is 0 Å². The Morgan fingerprint density at radius 1 is 1.07 bits per heavy atom. The van der Waals surface area contributed by atoms with Crippen LogP contribution < -0.4 is 20.3 Å². The van der Waals surface area contributed by atoms with Crippen molar-refractivity contribution in [2.45, 2.75) is 40.0 Å². The Balaban J connectivity index is 1.97. The number of amides is 2. The Bertz CT molecular complexity index is 781. The smallest absolute Gasteiger partial charge is 0.319 e. The Morgan fingerprint density at radius 3 is 2.25 bits per heavy atom. The quantitative estimate of drug-likeness (QED) is 0.678. The van der Waals surface area contributed by atoms with Crippen LogP contribution in [0.15, 0.2) is 42.5 Å². The molecule has 5 nitrogen and oxygen atoms in total. The number of nitrogens with zero attached hydrogens (tertiary/aromatic N) is 1. The number of anilines is 2. The molecule has 2 amide bonds. The van der Waals surface area contributed by atoms with Crippen molar-refractivity contribution in [2.24, 2.45) is 0 Å². The van der Waals surface area contributed by atoms with E-state index < -0.39 is 0 Å². The van der Waals surface area contributed by atoms with E-state index >= 15 is 0 Å². The molecule has 2 N–H and O–H groups in total. The number of rotatable bonds is 8. The monoisotopic (exact) mass is 383 g/mol. The number of hydrogen-bond donors (Lipinski definition) is 2. The standard InChI is InChI=1S/C23H33N3O2/c1-7-26(8-2)19-11-14-21(17(3)15-19)25-22(27)24-16-23(4,5)18-9-12-20(28-6)13-10-18/h9-15H,7-8,16H2,1-6H3,(H2,24,25,27). The van der Waals surface area contributed by atoms with Gasteiger partial charge in [0.15, 0.2) is 0 Å². The average molecular weight is 384 g/mol. The summed E-state index contributed by atoms with van der Waals surface area (Å²) in [6.07, 6.45) is 0. The molecule has 0 unspecified atom stereocenters. The lowest BCUT2D eigenvalue weighted by Crippen LogP contribution is -2.39. The van der Waals surface area contributed by atoms with Crippen LogP contribution in [0.2, 0.25) is 0 Å². The van der Waals surface area contributed by atoms with Gasteiger partial charge in [0.2, 0.25) is 0 Å². The molecule has 0 fully saturated rings. The molecule has 0 bridgehead atoms. The highest BCUT2D eigenvalue weighted by molar-refractivity contribution is 5.90. The molecular formula is C23H33N3O2. The van der Waals surface area contributed by atoms with Crippen molar-refractivity contribution >= 4 is 17.4 Å². The first-order chi connectivity index (χ1) is 13.3. The number of carbonyl (C=O) groups excluding carboxylic acids is 1. The van der Waals surface area contributed by atoms with Crippen molar-refractivity contribution in [3.05, 3.63) is 53.6 Å². The second-order valence-electron chi connectivity index (χ2n) is 7.59. The first-order valence-corrected chi connectivity index (χ1v) is 9.85. The maximum Gasteiger partial charge on any atom is 0.319 e. The molecular weight excluding hydrogens is 350 g/mol. The zero-order chi connectivity index (χ0) is 20.7. The number of ether oxygens (including phenoxy) is 1. The average Bonchev–Trinajstić information content (AvgIpc) is 2.69. The minimum Gasteiger partial charge on any atom is -0.497 e. The van der Waals surface area contributed by atoms with Crippen LogP contribution in [0.5, 0.6) is 5.75 Å². The number of benzene rings is 2. The minimum absolute atomic E-state index is 0.189. The molecule has 0 radical (unpaired) electrons. The van der Waals surface area contributed by atoms with E-state index in [1.807, 2.05) is 37.3 Å². The van der Waals surface area contributed by atoms with Crippen molar-refractivity contribution in [3.8, 4) is 5.75 Å². The summed E-state index contributed by atoms with van der Waals surface area (Å²) in [5, 5.41) is 5.96. The summed E-state index contributed by atoms with van der Waals surface area (Å²) >= 11 is 0. The molecule has 2 rings (SSSR count). The third-order valence-electron chi connectivity index (χ3n) is 5.15. The van der Waals surface area contributed by atoms with Gasteiger partial charge in [0.05, 0.1) is 7.11 Å². The van der Waals surface area contributed by atoms with E-state index in [-0.39, 0.29) is 11.4 Å². The number of carbonyl (C=O) groups is 1. The van der Waals surface area contributed by atoms with Gasteiger partial charge in [0, 0.05) is 36.4 Å². The summed E-state index contributed by atoms with van der Waals surface area (Å²) in [7, 11) is 1.66. The molecule has 5 heteroatoms. The van der Waals surface area contributed by atoms with E-state index in [0.717, 1.165) is 35.7 Å². The molecule has 2 aromatic rings. The third kappa shape index (κ3) is 5.41. The van der Waals surface area contributed by atoms with Crippen molar-refractivity contribution in [3.63, 3.8) is 0 Å². The first-order valence-electron chi connectivity index (χ1n) is 9.85. The molecule has 152 valence electrons. The fourth-order valence-corrected chi connectivity index (χ4v) is 3.19. The zero-order valence-corrected chi connectivity index (χ0v) is 17.9. The van der Waals surface area contributed by atoms with Crippen molar-refractivity contribution < 1.29 is 9.53 Å². The topological polar surface area (TPSA) is 53.6 Å². The van der Waals surface area contributed by atoms with Crippen LogP contribution >= 0.6 is 0 Å². The normalized spacial score (nSPS) is 11.1. The van der Waals surface area contributed by atoms with E-state index in [2.05, 4.69) is 55.4 Å². The Hall–Kier alpha value is -2.69. The number of nitrogens with one attached hydrogen (secondary N) is 2. The molecule has 0 aliphatic heterocycles. The maximum atomic E-state index is 12.4. The van der Waals surface area contributed by atoms with Gasteiger partial charge in [-0.25, -0.2) is 4.79 Å². The number of methoxy groups -OCH3 is 1. The van der Waals surface area contributed by atoms with Gasteiger partial charge in [0.1, 0.15) is 5.75 Å². The highest BCUT2D eigenvalue weighted by Crippen LogP contribution is 2.25. The fourth-order valence-electron chi connectivity index (χ4n) is 3.19. The molecule has 0 saturated heterocycles. The summed E-state index contributed by atoms with van der Waals surface area (Å²) < 4.78 is 5.21. The molecule has 0 atom stereocenters. The molecule has 0 aliphatic carbocycles. The van der Waals surface area contributed by atoms with Crippen LogP contribution in [0, 0.1) is 6.92 Å². The molecule has 0 spiro atoms. The summed E-state index contributed by atoms with van der Waals surface area (Å²) in [6.45, 7) is 13.0. The largest absolute Gasteiger partial charge is 0.497 e. The molecule has 0 aliphatic rings. The van der Waals surface area contributed by atoms with E-state index in [0.29, 0.717) is 6.54 Å². The maximum absolute atomic E-state index is 12.4. The minimum atomic E-state index is -0.194. The van der Waals surface area contributed by atoms with Crippen LogP contribution in [0.1, 0.15) is 38.8 Å². The summed E-state index contributed by atoms with van der Waals surface area (Å²) in [5.74, 6) is 0.828. The SMILES string of the molecule is CCN(CC)c1ccc(NC(=O)NCC(C)(C)c2ccc(OC)cc2)c(C)c1. The lowest BCUT2D eigenvalue weighted by molar-refractivity contribution is 0.249. The van der Waals surface area contributed by atoms with E-state index in [1.165, 1.54) is 5.69 Å². The van der Waals surface area contributed by atoms with Crippen LogP contribution in [-0.2, 0) is 5.41 Å². The van der Waals surface area contributed by atoms with Crippen molar-refractivity contribution in [1.82, 2.24) is 5.32 Å². The summed E-state index contributed by atoms with van der Waals surface area (Å²) in [5.41, 5.74) is 4.01. The fraction of sp³-hybridized carbons (Fsp3) is 0.435. The molecule has 0 aromatic heterocycles. The lowest BCUT2D eigenvalue weighted by Gasteiger charge is -2.26. The van der Waals surface area contributed by atoms with Crippen LogP contribution in [0.25, 0.3) is 0 Å². The molecule has 2 aromatic carbocycles. The van der Waals surface area contributed by atoms with Crippen LogP contribution in [-0.4, -0.2) is 32.8 Å². The Labute approximate surface area is 169 Å². The third-order valence-corrected chi connectivity index (χ3v) is 5.15. The van der Waals surface area contributed by atoms with Gasteiger partial charge in [-0.3, -0.25) is 0 Å². The van der Waals surface area contributed by atoms with Crippen LogP contribution in [0.4, 0.5) is 16.2 Å². The predicted octanol–water partition coefficient (Wildman–Crippen LogP) is 4.95. The number of urea groups is 1. The zero-order valence-electron chi connectivity index (χ0n) is 17.9. The lowest BCUT2D eigenvalue weighted by atomic mass is 9.84. The van der Waals surface area contributed by atoms with E-state index in [1.54, 1.807) is 7.11 Å². The molecule has 0 heterocycles.